The first-order chi connectivity index (χ1) is 10.1. The Balaban J connectivity index is 2.16. The fourth-order valence-corrected chi connectivity index (χ4v) is 2.25. The molecule has 2 N–H and O–H groups in total. The summed E-state index contributed by atoms with van der Waals surface area (Å²) in [6.45, 7) is 0. The fraction of sp³-hybridized carbons (Fsp3) is 0. The van der Waals surface area contributed by atoms with Gasteiger partial charge >= 0.3 is 0 Å². The average Bonchev–Trinajstić information content (AvgIpc) is 2.53. The molecule has 102 valence electrons. The van der Waals surface area contributed by atoms with E-state index < -0.39 is 17.3 Å². The zero-order valence-corrected chi connectivity index (χ0v) is 10.8. The number of nitrogens with zero attached hydrogens (tertiary/aromatic N) is 1. The molecule has 1 aliphatic carbocycles. The Morgan fingerprint density at radius 1 is 1.00 bits per heavy atom. The average molecular weight is 278 g/mol. The molecule has 0 radical (unpaired) electrons. The summed E-state index contributed by atoms with van der Waals surface area (Å²) in [4.78, 5) is 28.5. The van der Waals surface area contributed by atoms with E-state index in [0.29, 0.717) is 5.56 Å². The smallest absolute Gasteiger partial charge is 0.228 e. The number of benzene rings is 1. The van der Waals surface area contributed by atoms with Crippen LogP contribution in [-0.4, -0.2) is 27.4 Å². The SMILES string of the molecule is N=C(C1=C(O)C(=O)c2ccccc2C1=O)c1cccnc1. The van der Waals surface area contributed by atoms with Gasteiger partial charge < -0.3 is 5.11 Å². The van der Waals surface area contributed by atoms with Crippen molar-refractivity contribution in [2.45, 2.75) is 0 Å². The zero-order chi connectivity index (χ0) is 15.0. The molecule has 1 heterocycles. The third kappa shape index (κ3) is 1.95. The predicted octanol–water partition coefficient (Wildman–Crippen LogP) is 2.34. The molecule has 0 bridgehead atoms. The van der Waals surface area contributed by atoms with Gasteiger partial charge in [0.1, 0.15) is 0 Å². The number of hydrogen-bond acceptors (Lipinski definition) is 5. The zero-order valence-electron chi connectivity index (χ0n) is 10.8. The second-order valence-corrected chi connectivity index (χ2v) is 4.54. The summed E-state index contributed by atoms with van der Waals surface area (Å²) >= 11 is 0. The first-order valence-corrected chi connectivity index (χ1v) is 6.22. The highest BCUT2D eigenvalue weighted by Gasteiger charge is 2.34. The number of hydrogen-bond donors (Lipinski definition) is 2. The van der Waals surface area contributed by atoms with Crippen molar-refractivity contribution in [3.63, 3.8) is 0 Å². The number of rotatable bonds is 2. The Morgan fingerprint density at radius 3 is 2.29 bits per heavy atom. The van der Waals surface area contributed by atoms with Gasteiger partial charge in [0, 0.05) is 29.1 Å². The third-order valence-corrected chi connectivity index (χ3v) is 3.30. The third-order valence-electron chi connectivity index (χ3n) is 3.30. The van der Waals surface area contributed by atoms with Crippen LogP contribution in [0.1, 0.15) is 26.3 Å². The second-order valence-electron chi connectivity index (χ2n) is 4.54. The predicted molar refractivity (Wildman–Crippen MR) is 75.8 cm³/mol. The normalized spacial score (nSPS) is 14.1. The summed E-state index contributed by atoms with van der Waals surface area (Å²) in [7, 11) is 0. The molecule has 3 rings (SSSR count). The Hall–Kier alpha value is -3.08. The van der Waals surface area contributed by atoms with Crippen LogP contribution in [0.3, 0.4) is 0 Å². The topological polar surface area (TPSA) is 91.1 Å². The molecule has 0 spiro atoms. The van der Waals surface area contributed by atoms with Crippen LogP contribution >= 0.6 is 0 Å². The van der Waals surface area contributed by atoms with Gasteiger partial charge in [0.2, 0.25) is 5.78 Å². The Kier molecular flexibility index (Phi) is 2.95. The van der Waals surface area contributed by atoms with Crippen molar-refractivity contribution in [3.8, 4) is 0 Å². The summed E-state index contributed by atoms with van der Waals surface area (Å²) in [6.07, 6.45) is 2.94. The Labute approximate surface area is 120 Å². The standard InChI is InChI=1S/C16H10N2O3/c17-13(9-4-3-7-18-8-9)12-14(19)10-5-1-2-6-11(10)15(20)16(12)21/h1-8,17,21H. The quantitative estimate of drug-likeness (QED) is 0.825. The van der Waals surface area contributed by atoms with E-state index in [2.05, 4.69) is 4.98 Å². The van der Waals surface area contributed by atoms with Crippen molar-refractivity contribution in [2.75, 3.05) is 0 Å². The summed E-state index contributed by atoms with van der Waals surface area (Å²) in [6, 6.07) is 9.46. The lowest BCUT2D eigenvalue weighted by Gasteiger charge is -2.17. The highest BCUT2D eigenvalue weighted by atomic mass is 16.3. The monoisotopic (exact) mass is 278 g/mol. The van der Waals surface area contributed by atoms with Gasteiger partial charge in [-0.1, -0.05) is 24.3 Å². The second kappa shape index (κ2) is 4.79. The van der Waals surface area contributed by atoms with Gasteiger partial charge in [-0.3, -0.25) is 20.0 Å². The number of carbonyl (C=O) groups is 2. The van der Waals surface area contributed by atoms with Gasteiger partial charge in [-0.2, -0.15) is 0 Å². The highest BCUT2D eigenvalue weighted by Crippen LogP contribution is 2.27. The van der Waals surface area contributed by atoms with Crippen molar-refractivity contribution >= 4 is 17.3 Å². The van der Waals surface area contributed by atoms with Gasteiger partial charge in [0.05, 0.1) is 11.3 Å². The molecule has 21 heavy (non-hydrogen) atoms. The molecule has 5 heteroatoms. The van der Waals surface area contributed by atoms with Crippen LogP contribution in [0, 0.1) is 5.41 Å². The fourth-order valence-electron chi connectivity index (χ4n) is 2.25. The van der Waals surface area contributed by atoms with E-state index in [4.69, 9.17) is 5.41 Å². The van der Waals surface area contributed by atoms with Crippen LogP contribution in [0.4, 0.5) is 0 Å². The van der Waals surface area contributed by atoms with Crippen LogP contribution in [0.25, 0.3) is 0 Å². The minimum Gasteiger partial charge on any atom is -0.504 e. The number of pyridine rings is 1. The summed E-state index contributed by atoms with van der Waals surface area (Å²) in [5.41, 5.74) is 0.214. The molecule has 2 aromatic rings. The molecule has 0 atom stereocenters. The number of allylic oxidation sites excluding steroid dienone is 2. The van der Waals surface area contributed by atoms with Crippen LogP contribution in [0.2, 0.25) is 0 Å². The molecule has 0 unspecified atom stereocenters. The van der Waals surface area contributed by atoms with Crippen LogP contribution in [-0.2, 0) is 0 Å². The van der Waals surface area contributed by atoms with Gasteiger partial charge in [-0.25, -0.2) is 0 Å². The molecule has 0 amide bonds. The molecule has 5 nitrogen and oxygen atoms in total. The molecular weight excluding hydrogens is 268 g/mol. The highest BCUT2D eigenvalue weighted by molar-refractivity contribution is 6.39. The number of aliphatic hydroxyl groups excluding tert-OH is 1. The molecule has 0 saturated heterocycles. The van der Waals surface area contributed by atoms with E-state index in [9.17, 15) is 14.7 Å². The molecule has 1 aromatic heterocycles. The molecule has 1 aromatic carbocycles. The molecule has 0 aliphatic heterocycles. The van der Waals surface area contributed by atoms with Crippen LogP contribution < -0.4 is 0 Å². The number of nitrogens with one attached hydrogen (secondary N) is 1. The van der Waals surface area contributed by atoms with E-state index in [1.807, 2.05) is 0 Å². The minimum absolute atomic E-state index is 0.155. The van der Waals surface area contributed by atoms with Crippen molar-refractivity contribution in [3.05, 3.63) is 76.8 Å². The number of aromatic nitrogens is 1. The van der Waals surface area contributed by atoms with Gasteiger partial charge in [-0.05, 0) is 12.1 Å². The number of Topliss-reactive ketones (excluding diaryl/α,β-unsaturated/α-hetero) is 2. The van der Waals surface area contributed by atoms with Gasteiger partial charge in [0.25, 0.3) is 0 Å². The molecule has 1 aliphatic rings. The maximum absolute atomic E-state index is 12.5. The van der Waals surface area contributed by atoms with E-state index in [0.717, 1.165) is 0 Å². The first-order valence-electron chi connectivity index (χ1n) is 6.22. The van der Waals surface area contributed by atoms with Gasteiger partial charge in [-0.15, -0.1) is 0 Å². The first kappa shape index (κ1) is 12.9. The summed E-state index contributed by atoms with van der Waals surface area (Å²) in [5, 5.41) is 18.1. The molecular formula is C16H10N2O3. The van der Waals surface area contributed by atoms with Gasteiger partial charge in [0.15, 0.2) is 11.5 Å². The number of carbonyl (C=O) groups excluding carboxylic acids is 2. The summed E-state index contributed by atoms with van der Waals surface area (Å²) < 4.78 is 0. The lowest BCUT2D eigenvalue weighted by Crippen LogP contribution is -2.26. The molecule has 0 fully saturated rings. The maximum Gasteiger partial charge on any atom is 0.228 e. The van der Waals surface area contributed by atoms with Crippen molar-refractivity contribution in [1.82, 2.24) is 4.98 Å². The van der Waals surface area contributed by atoms with Crippen LogP contribution in [0.15, 0.2) is 60.1 Å². The number of aliphatic hydroxyl groups is 1. The lowest BCUT2D eigenvalue weighted by molar-refractivity contribution is 0.0934. The number of ketones is 2. The summed E-state index contributed by atoms with van der Waals surface area (Å²) in [5.74, 6) is -1.86. The van der Waals surface area contributed by atoms with Crippen LogP contribution in [0.5, 0.6) is 0 Å². The lowest BCUT2D eigenvalue weighted by atomic mass is 9.85. The molecule has 0 saturated carbocycles. The largest absolute Gasteiger partial charge is 0.504 e. The number of fused-ring (bicyclic) bond motifs is 1. The van der Waals surface area contributed by atoms with E-state index in [1.54, 1.807) is 24.3 Å². The van der Waals surface area contributed by atoms with Crippen molar-refractivity contribution < 1.29 is 14.7 Å². The minimum atomic E-state index is -0.687. The Morgan fingerprint density at radius 2 is 1.67 bits per heavy atom. The van der Waals surface area contributed by atoms with Crippen molar-refractivity contribution in [1.29, 1.82) is 5.41 Å². The van der Waals surface area contributed by atoms with E-state index in [1.165, 1.54) is 24.5 Å². The van der Waals surface area contributed by atoms with E-state index in [-0.39, 0.29) is 22.4 Å². The maximum atomic E-state index is 12.5. The van der Waals surface area contributed by atoms with E-state index >= 15 is 0 Å². The van der Waals surface area contributed by atoms with Crippen molar-refractivity contribution in [2.24, 2.45) is 0 Å². The Bertz CT molecular complexity index is 807.